The van der Waals surface area contributed by atoms with E-state index in [0.717, 1.165) is 69.6 Å². The molecule has 0 radical (unpaired) electrons. The van der Waals surface area contributed by atoms with Crippen LogP contribution in [0.25, 0.3) is 0 Å². The quantitative estimate of drug-likeness (QED) is 0.905. The molecule has 1 aromatic rings. The zero-order valence-electron chi connectivity index (χ0n) is 14.4. The number of aryl methyl sites for hydroxylation is 1. The molecule has 3 heterocycles. The molecule has 1 unspecified atom stereocenters. The Hall–Kier alpha value is -1.62. The Labute approximate surface area is 142 Å². The van der Waals surface area contributed by atoms with Crippen molar-refractivity contribution in [3.05, 3.63) is 33.4 Å². The molecule has 1 saturated carbocycles. The fourth-order valence-corrected chi connectivity index (χ4v) is 4.47. The van der Waals surface area contributed by atoms with Crippen LogP contribution in [0.1, 0.15) is 66.1 Å². The minimum absolute atomic E-state index is 0.146. The predicted molar refractivity (Wildman–Crippen MR) is 91.4 cm³/mol. The van der Waals surface area contributed by atoms with Gasteiger partial charge >= 0.3 is 5.63 Å². The van der Waals surface area contributed by atoms with Crippen LogP contribution in [0.5, 0.6) is 0 Å². The molecule has 1 N–H and O–H groups in total. The summed E-state index contributed by atoms with van der Waals surface area (Å²) in [4.78, 5) is 27.3. The Kier molecular flexibility index (Phi) is 3.99. The second-order valence-electron chi connectivity index (χ2n) is 7.88. The Bertz CT molecular complexity index is 699. The molecule has 1 aliphatic carbocycles. The number of amides is 1. The highest BCUT2D eigenvalue weighted by atomic mass is 16.4. The number of carbonyl (C=O) groups is 1. The molecule has 1 atom stereocenters. The van der Waals surface area contributed by atoms with Gasteiger partial charge in [0.1, 0.15) is 11.3 Å². The molecule has 3 aliphatic rings. The van der Waals surface area contributed by atoms with Crippen molar-refractivity contribution in [3.8, 4) is 0 Å². The summed E-state index contributed by atoms with van der Waals surface area (Å²) in [7, 11) is 0. The smallest absolute Gasteiger partial charge is 0.349 e. The van der Waals surface area contributed by atoms with E-state index in [1.165, 1.54) is 6.42 Å². The van der Waals surface area contributed by atoms with Crippen molar-refractivity contribution in [1.29, 1.82) is 0 Å². The molecule has 3 fully saturated rings. The van der Waals surface area contributed by atoms with E-state index in [1.54, 1.807) is 0 Å². The highest BCUT2D eigenvalue weighted by Gasteiger charge is 2.40. The summed E-state index contributed by atoms with van der Waals surface area (Å²) in [5, 5.41) is 3.42. The average Bonchev–Trinajstić information content (AvgIpc) is 2.92. The van der Waals surface area contributed by atoms with Gasteiger partial charge in [-0.3, -0.25) is 4.79 Å². The summed E-state index contributed by atoms with van der Waals surface area (Å²) in [6.45, 7) is 5.36. The van der Waals surface area contributed by atoms with Gasteiger partial charge in [0.05, 0.1) is 0 Å². The monoisotopic (exact) mass is 330 g/mol. The summed E-state index contributed by atoms with van der Waals surface area (Å²) >= 11 is 0. The topological polar surface area (TPSA) is 62.6 Å². The van der Waals surface area contributed by atoms with Crippen LogP contribution in [0.2, 0.25) is 0 Å². The summed E-state index contributed by atoms with van der Waals surface area (Å²) in [5.41, 5.74) is 0.753. The highest BCUT2D eigenvalue weighted by molar-refractivity contribution is 5.95. The Morgan fingerprint density at radius 3 is 2.79 bits per heavy atom. The Balaban J connectivity index is 1.58. The van der Waals surface area contributed by atoms with Crippen LogP contribution in [-0.4, -0.2) is 37.0 Å². The van der Waals surface area contributed by atoms with Crippen molar-refractivity contribution in [3.63, 3.8) is 0 Å². The lowest BCUT2D eigenvalue weighted by Gasteiger charge is -2.40. The van der Waals surface area contributed by atoms with Gasteiger partial charge in [0.2, 0.25) is 0 Å². The van der Waals surface area contributed by atoms with Crippen molar-refractivity contribution in [2.24, 2.45) is 5.41 Å². The third kappa shape index (κ3) is 2.69. The fourth-order valence-electron chi connectivity index (χ4n) is 4.47. The van der Waals surface area contributed by atoms with Crippen LogP contribution in [0.15, 0.2) is 15.3 Å². The van der Waals surface area contributed by atoms with Crippen molar-refractivity contribution in [2.45, 2.75) is 51.4 Å². The van der Waals surface area contributed by atoms with E-state index < -0.39 is 5.63 Å². The predicted octanol–water partition coefficient (Wildman–Crippen LogP) is 2.43. The molecule has 0 bridgehead atoms. The van der Waals surface area contributed by atoms with Crippen LogP contribution >= 0.6 is 0 Å². The number of carbonyl (C=O) groups excluding carboxylic acids is 1. The van der Waals surface area contributed by atoms with E-state index in [9.17, 15) is 9.59 Å². The lowest BCUT2D eigenvalue weighted by Crippen LogP contribution is -2.48. The largest absolute Gasteiger partial charge is 0.427 e. The third-order valence-corrected chi connectivity index (χ3v) is 6.17. The Morgan fingerprint density at radius 2 is 2.17 bits per heavy atom. The van der Waals surface area contributed by atoms with Gasteiger partial charge in [-0.2, -0.15) is 0 Å². The van der Waals surface area contributed by atoms with Gasteiger partial charge in [-0.25, -0.2) is 4.79 Å². The van der Waals surface area contributed by atoms with Crippen LogP contribution < -0.4 is 10.9 Å². The second-order valence-corrected chi connectivity index (χ2v) is 7.88. The first-order valence-electron chi connectivity index (χ1n) is 9.23. The van der Waals surface area contributed by atoms with Crippen LogP contribution in [-0.2, 0) is 0 Å². The van der Waals surface area contributed by atoms with E-state index in [-0.39, 0.29) is 16.9 Å². The standard InChI is InChI=1S/C19H26N2O3/c1-13-10-15(14-4-2-5-14)24-18(23)16(13)17(22)21-9-3-6-19(12-21)7-8-20-11-19/h10,14,20H,2-9,11-12H2,1H3. The number of hydrogen-bond donors (Lipinski definition) is 1. The number of nitrogens with zero attached hydrogens (tertiary/aromatic N) is 1. The van der Waals surface area contributed by atoms with Gasteiger partial charge in [-0.1, -0.05) is 6.42 Å². The number of hydrogen-bond acceptors (Lipinski definition) is 4. The molecular formula is C19H26N2O3. The van der Waals surface area contributed by atoms with Crippen molar-refractivity contribution in [1.82, 2.24) is 10.2 Å². The fraction of sp³-hybridized carbons (Fsp3) is 0.684. The maximum absolute atomic E-state index is 13.0. The summed E-state index contributed by atoms with van der Waals surface area (Å²) < 4.78 is 5.51. The molecule has 0 aromatic carbocycles. The van der Waals surface area contributed by atoms with E-state index in [1.807, 2.05) is 17.9 Å². The first-order chi connectivity index (χ1) is 11.6. The van der Waals surface area contributed by atoms with Crippen LogP contribution in [0, 0.1) is 12.3 Å². The van der Waals surface area contributed by atoms with Crippen LogP contribution in [0.4, 0.5) is 0 Å². The van der Waals surface area contributed by atoms with Gasteiger partial charge in [0.15, 0.2) is 0 Å². The van der Waals surface area contributed by atoms with Gasteiger partial charge in [0.25, 0.3) is 5.91 Å². The molecule has 24 heavy (non-hydrogen) atoms. The minimum Gasteiger partial charge on any atom is -0.427 e. The first-order valence-corrected chi connectivity index (χ1v) is 9.23. The Morgan fingerprint density at radius 1 is 1.33 bits per heavy atom. The van der Waals surface area contributed by atoms with E-state index in [4.69, 9.17) is 4.42 Å². The zero-order valence-corrected chi connectivity index (χ0v) is 14.4. The molecular weight excluding hydrogens is 304 g/mol. The molecule has 2 saturated heterocycles. The number of rotatable bonds is 2. The molecule has 130 valence electrons. The molecule has 4 rings (SSSR count). The van der Waals surface area contributed by atoms with Gasteiger partial charge in [0, 0.05) is 31.0 Å². The lowest BCUT2D eigenvalue weighted by atomic mass is 9.79. The van der Waals surface area contributed by atoms with Gasteiger partial charge in [-0.15, -0.1) is 0 Å². The maximum atomic E-state index is 13.0. The molecule has 1 spiro atoms. The van der Waals surface area contributed by atoms with E-state index in [2.05, 4.69) is 5.32 Å². The molecule has 5 heteroatoms. The zero-order chi connectivity index (χ0) is 16.7. The third-order valence-electron chi connectivity index (χ3n) is 6.17. The molecule has 1 amide bonds. The van der Waals surface area contributed by atoms with Crippen molar-refractivity contribution >= 4 is 5.91 Å². The van der Waals surface area contributed by atoms with Gasteiger partial charge < -0.3 is 14.6 Å². The van der Waals surface area contributed by atoms with E-state index >= 15 is 0 Å². The second kappa shape index (κ2) is 6.03. The average molecular weight is 330 g/mol. The first kappa shape index (κ1) is 15.9. The number of piperidine rings is 1. The number of likely N-dealkylation sites (tertiary alicyclic amines) is 1. The SMILES string of the molecule is Cc1cc(C2CCC2)oc(=O)c1C(=O)N1CCCC2(CCNC2)C1. The summed E-state index contributed by atoms with van der Waals surface area (Å²) in [5.74, 6) is 0.978. The van der Waals surface area contributed by atoms with Crippen molar-refractivity contribution < 1.29 is 9.21 Å². The number of nitrogens with one attached hydrogen (secondary N) is 1. The highest BCUT2D eigenvalue weighted by Crippen LogP contribution is 2.37. The summed E-state index contributed by atoms with van der Waals surface area (Å²) in [6, 6.07) is 1.91. The van der Waals surface area contributed by atoms with E-state index in [0.29, 0.717) is 5.92 Å². The van der Waals surface area contributed by atoms with Crippen LogP contribution in [0.3, 0.4) is 0 Å². The normalized spacial score (nSPS) is 27.5. The van der Waals surface area contributed by atoms with Crippen molar-refractivity contribution in [2.75, 3.05) is 26.2 Å². The lowest BCUT2D eigenvalue weighted by molar-refractivity contribution is 0.0547. The molecule has 1 aromatic heterocycles. The van der Waals surface area contributed by atoms with Gasteiger partial charge in [-0.05, 0) is 57.2 Å². The summed E-state index contributed by atoms with van der Waals surface area (Å²) in [6.07, 6.45) is 6.65. The minimum atomic E-state index is -0.453. The maximum Gasteiger partial charge on any atom is 0.349 e. The molecule has 2 aliphatic heterocycles. The molecule has 5 nitrogen and oxygen atoms in total.